The van der Waals surface area contributed by atoms with Crippen LogP contribution >= 0.6 is 0 Å². The van der Waals surface area contributed by atoms with Crippen LogP contribution in [-0.4, -0.2) is 26.6 Å². The van der Waals surface area contributed by atoms with Crippen molar-refractivity contribution in [1.29, 1.82) is 0 Å². The van der Waals surface area contributed by atoms with Crippen molar-refractivity contribution in [3.8, 4) is 0 Å². The third-order valence-corrected chi connectivity index (χ3v) is 5.95. The van der Waals surface area contributed by atoms with E-state index in [0.717, 1.165) is 19.3 Å². The zero-order chi connectivity index (χ0) is 23.4. The Hall–Kier alpha value is -1.41. The van der Waals surface area contributed by atoms with Gasteiger partial charge in [0.15, 0.2) is 29.1 Å². The lowest BCUT2D eigenvalue weighted by Crippen LogP contribution is -2.41. The Balaban J connectivity index is 2.72. The van der Waals surface area contributed by atoms with Gasteiger partial charge in [0.1, 0.15) is 5.69 Å². The number of rotatable bonds is 16. The zero-order valence-corrected chi connectivity index (χ0v) is 19.1. The van der Waals surface area contributed by atoms with Gasteiger partial charge in [0.2, 0.25) is 5.82 Å². The van der Waals surface area contributed by atoms with Crippen LogP contribution in [0.1, 0.15) is 78.1 Å². The molecule has 0 heterocycles. The number of anilines is 1. The average Bonchev–Trinajstić information content (AvgIpc) is 2.78. The van der Waals surface area contributed by atoms with Crippen molar-refractivity contribution >= 4 is 5.69 Å². The van der Waals surface area contributed by atoms with E-state index in [1.807, 2.05) is 6.92 Å². The SMILES string of the molecule is CCCCCCCCC(CCCNc1c(F)c(F)c(F)c(F)c1F)C(CC)(OC)OC. The maximum absolute atomic E-state index is 13.8. The fourth-order valence-electron chi connectivity index (χ4n) is 4.07. The number of ether oxygens (including phenoxy) is 2. The van der Waals surface area contributed by atoms with E-state index in [2.05, 4.69) is 12.2 Å². The molecule has 1 aromatic rings. The first-order valence-corrected chi connectivity index (χ1v) is 11.1. The molecule has 1 N–H and O–H groups in total. The van der Waals surface area contributed by atoms with Crippen LogP contribution in [0.4, 0.5) is 27.6 Å². The molecule has 0 spiro atoms. The summed E-state index contributed by atoms with van der Waals surface area (Å²) in [5.41, 5.74) is -0.996. The van der Waals surface area contributed by atoms with E-state index in [0.29, 0.717) is 19.3 Å². The number of halogens is 5. The topological polar surface area (TPSA) is 30.5 Å². The third-order valence-electron chi connectivity index (χ3n) is 5.95. The highest BCUT2D eigenvalue weighted by Gasteiger charge is 2.36. The van der Waals surface area contributed by atoms with Crippen molar-refractivity contribution in [3.05, 3.63) is 29.1 Å². The molecule has 0 fully saturated rings. The van der Waals surface area contributed by atoms with Gasteiger partial charge in [-0.2, -0.15) is 0 Å². The third kappa shape index (κ3) is 7.31. The number of hydrogen-bond donors (Lipinski definition) is 1. The van der Waals surface area contributed by atoms with Crippen molar-refractivity contribution in [2.24, 2.45) is 5.92 Å². The average molecular weight is 454 g/mol. The van der Waals surface area contributed by atoms with Gasteiger partial charge >= 0.3 is 0 Å². The quantitative estimate of drug-likeness (QED) is 0.0934. The van der Waals surface area contributed by atoms with Gasteiger partial charge in [-0.3, -0.25) is 0 Å². The van der Waals surface area contributed by atoms with Crippen LogP contribution in [0.25, 0.3) is 0 Å². The summed E-state index contributed by atoms with van der Waals surface area (Å²) in [6, 6.07) is 0. The highest BCUT2D eigenvalue weighted by atomic mass is 19.2. The van der Waals surface area contributed by atoms with E-state index in [4.69, 9.17) is 9.47 Å². The molecule has 31 heavy (non-hydrogen) atoms. The largest absolute Gasteiger partial charge is 0.380 e. The van der Waals surface area contributed by atoms with E-state index in [-0.39, 0.29) is 12.5 Å². The predicted octanol–water partition coefficient (Wildman–Crippen LogP) is 7.34. The first kappa shape index (κ1) is 27.6. The van der Waals surface area contributed by atoms with Crippen LogP contribution < -0.4 is 5.32 Å². The number of nitrogens with one attached hydrogen (secondary N) is 1. The molecule has 0 amide bonds. The lowest BCUT2D eigenvalue weighted by molar-refractivity contribution is -0.244. The maximum atomic E-state index is 13.8. The van der Waals surface area contributed by atoms with Crippen LogP contribution in [0.3, 0.4) is 0 Å². The molecule has 1 rings (SSSR count). The Kier molecular flexibility index (Phi) is 12.4. The molecular formula is C23H36F5NO2. The highest BCUT2D eigenvalue weighted by Crippen LogP contribution is 2.34. The molecule has 1 unspecified atom stereocenters. The summed E-state index contributed by atoms with van der Waals surface area (Å²) in [4.78, 5) is 0. The molecule has 0 aliphatic carbocycles. The molecule has 1 atom stereocenters. The molecule has 0 aromatic heterocycles. The molecule has 0 saturated heterocycles. The normalized spacial score (nSPS) is 12.9. The Morgan fingerprint density at radius 1 is 0.710 bits per heavy atom. The Bertz CT molecular complexity index is 631. The van der Waals surface area contributed by atoms with Gasteiger partial charge in [-0.05, 0) is 25.7 Å². The van der Waals surface area contributed by atoms with Crippen molar-refractivity contribution in [1.82, 2.24) is 0 Å². The molecule has 0 aliphatic rings. The Labute approximate surface area is 182 Å². The second-order valence-corrected chi connectivity index (χ2v) is 7.84. The number of hydrogen-bond acceptors (Lipinski definition) is 3. The zero-order valence-electron chi connectivity index (χ0n) is 19.1. The Morgan fingerprint density at radius 3 is 1.71 bits per heavy atom. The molecule has 0 aliphatic heterocycles. The van der Waals surface area contributed by atoms with Crippen molar-refractivity contribution in [2.75, 3.05) is 26.1 Å². The number of unbranched alkanes of at least 4 members (excludes halogenated alkanes) is 5. The van der Waals surface area contributed by atoms with Gasteiger partial charge in [0, 0.05) is 26.7 Å². The standard InChI is InChI=1S/C23H36F5NO2/c1-5-7-8-9-10-11-13-16(23(6-2,30-3)31-4)14-12-15-29-22-20(27)18(25)17(24)19(26)21(22)28/h16,29H,5-15H2,1-4H3. The molecular weight excluding hydrogens is 417 g/mol. The molecule has 3 nitrogen and oxygen atoms in total. The van der Waals surface area contributed by atoms with Gasteiger partial charge in [0.25, 0.3) is 0 Å². The fourth-order valence-corrected chi connectivity index (χ4v) is 4.07. The first-order chi connectivity index (χ1) is 14.8. The minimum atomic E-state index is -2.16. The summed E-state index contributed by atoms with van der Waals surface area (Å²) in [5.74, 6) is -10.5. The van der Waals surface area contributed by atoms with Crippen molar-refractivity contribution < 1.29 is 31.4 Å². The summed E-state index contributed by atoms with van der Waals surface area (Å²) in [7, 11) is 3.18. The van der Waals surface area contributed by atoms with Crippen LogP contribution in [0.2, 0.25) is 0 Å². The molecule has 0 bridgehead atoms. The van der Waals surface area contributed by atoms with Gasteiger partial charge in [-0.15, -0.1) is 0 Å². The second kappa shape index (κ2) is 13.9. The minimum absolute atomic E-state index is 0.0388. The lowest BCUT2D eigenvalue weighted by Gasteiger charge is -2.38. The van der Waals surface area contributed by atoms with Crippen LogP contribution in [-0.2, 0) is 9.47 Å². The van der Waals surface area contributed by atoms with Gasteiger partial charge in [0.05, 0.1) is 0 Å². The minimum Gasteiger partial charge on any atom is -0.380 e. The number of methoxy groups -OCH3 is 2. The monoisotopic (exact) mass is 453 g/mol. The summed E-state index contributed by atoms with van der Waals surface area (Å²) >= 11 is 0. The smallest absolute Gasteiger partial charge is 0.200 e. The first-order valence-electron chi connectivity index (χ1n) is 11.1. The molecule has 8 heteroatoms. The summed E-state index contributed by atoms with van der Waals surface area (Å²) < 4.78 is 78.9. The van der Waals surface area contributed by atoms with E-state index in [1.165, 1.54) is 25.7 Å². The fraction of sp³-hybridized carbons (Fsp3) is 0.739. The Morgan fingerprint density at radius 2 is 1.19 bits per heavy atom. The summed E-state index contributed by atoms with van der Waals surface area (Å²) in [6.07, 6.45) is 9.46. The van der Waals surface area contributed by atoms with Gasteiger partial charge in [-0.1, -0.05) is 52.4 Å². The molecule has 180 valence electrons. The molecule has 0 saturated carbocycles. The predicted molar refractivity (Wildman–Crippen MR) is 112 cm³/mol. The van der Waals surface area contributed by atoms with Crippen molar-refractivity contribution in [3.63, 3.8) is 0 Å². The van der Waals surface area contributed by atoms with Crippen molar-refractivity contribution in [2.45, 2.75) is 83.8 Å². The van der Waals surface area contributed by atoms with E-state index in [9.17, 15) is 22.0 Å². The number of benzene rings is 1. The van der Waals surface area contributed by atoms with Gasteiger partial charge in [-0.25, -0.2) is 22.0 Å². The molecule has 1 aromatic carbocycles. The van der Waals surface area contributed by atoms with E-state index >= 15 is 0 Å². The van der Waals surface area contributed by atoms with E-state index in [1.54, 1.807) is 14.2 Å². The lowest BCUT2D eigenvalue weighted by atomic mass is 9.86. The van der Waals surface area contributed by atoms with E-state index < -0.39 is 40.6 Å². The summed E-state index contributed by atoms with van der Waals surface area (Å²) in [5, 5.41) is 2.36. The molecule has 0 radical (unpaired) electrons. The summed E-state index contributed by atoms with van der Waals surface area (Å²) in [6.45, 7) is 4.19. The van der Waals surface area contributed by atoms with Crippen LogP contribution in [0.5, 0.6) is 0 Å². The van der Waals surface area contributed by atoms with Gasteiger partial charge < -0.3 is 14.8 Å². The second-order valence-electron chi connectivity index (χ2n) is 7.84. The van der Waals surface area contributed by atoms with Crippen LogP contribution in [0, 0.1) is 35.0 Å². The highest BCUT2D eigenvalue weighted by molar-refractivity contribution is 5.47. The van der Waals surface area contributed by atoms with Crippen LogP contribution in [0.15, 0.2) is 0 Å². The maximum Gasteiger partial charge on any atom is 0.200 e.